The van der Waals surface area contributed by atoms with Gasteiger partial charge in [0.1, 0.15) is 12.7 Å². The van der Waals surface area contributed by atoms with Crippen LogP contribution >= 0.6 is 0 Å². The van der Waals surface area contributed by atoms with E-state index in [9.17, 15) is 0 Å². The van der Waals surface area contributed by atoms with Crippen molar-refractivity contribution in [2.45, 2.75) is 6.54 Å². The van der Waals surface area contributed by atoms with Crippen molar-refractivity contribution in [1.82, 2.24) is 29.7 Å². The zero-order chi connectivity index (χ0) is 12.9. The molecule has 0 aliphatic carbocycles. The average molecular weight is 253 g/mol. The maximum Gasteiger partial charge on any atom is 0.178 e. The Balaban J connectivity index is 1.82. The molecule has 7 heteroatoms. The molecule has 0 saturated carbocycles. The molecule has 0 spiro atoms. The number of nitrogens with zero attached hydrogens (tertiary/aromatic N) is 6. The predicted molar refractivity (Wildman–Crippen MR) is 68.5 cm³/mol. The van der Waals surface area contributed by atoms with Crippen molar-refractivity contribution in [2.24, 2.45) is 0 Å². The van der Waals surface area contributed by atoms with E-state index in [1.807, 2.05) is 12.1 Å². The second-order valence-electron chi connectivity index (χ2n) is 3.76. The summed E-state index contributed by atoms with van der Waals surface area (Å²) in [6, 6.07) is 3.79. The van der Waals surface area contributed by atoms with Crippen LogP contribution in [0, 0.1) is 0 Å². The highest BCUT2D eigenvalue weighted by molar-refractivity contribution is 5.56. The molecule has 0 unspecified atom stereocenters. The van der Waals surface area contributed by atoms with Gasteiger partial charge in [0, 0.05) is 18.6 Å². The minimum atomic E-state index is 0.571. The first-order valence-corrected chi connectivity index (χ1v) is 5.72. The number of hydrogen-bond acceptors (Lipinski definition) is 6. The maximum absolute atomic E-state index is 4.30. The van der Waals surface area contributed by atoms with E-state index in [0.29, 0.717) is 12.4 Å². The minimum Gasteiger partial charge on any atom is -0.376 e. The van der Waals surface area contributed by atoms with Crippen molar-refractivity contribution in [3.8, 4) is 5.82 Å². The summed E-state index contributed by atoms with van der Waals surface area (Å²) in [5.74, 6) is 0.698. The van der Waals surface area contributed by atoms with Crippen LogP contribution in [-0.4, -0.2) is 29.7 Å². The maximum atomic E-state index is 4.30. The van der Waals surface area contributed by atoms with E-state index in [-0.39, 0.29) is 0 Å². The van der Waals surface area contributed by atoms with E-state index < -0.39 is 0 Å². The molecular formula is C12H11N7. The molecule has 0 atom stereocenters. The lowest BCUT2D eigenvalue weighted by atomic mass is 10.3. The van der Waals surface area contributed by atoms with Gasteiger partial charge in [-0.2, -0.15) is 5.10 Å². The zero-order valence-electron chi connectivity index (χ0n) is 10.0. The number of hydrogen-bond donors (Lipinski definition) is 1. The van der Waals surface area contributed by atoms with E-state index in [1.54, 1.807) is 35.8 Å². The highest BCUT2D eigenvalue weighted by atomic mass is 15.3. The zero-order valence-corrected chi connectivity index (χ0v) is 10.0. The van der Waals surface area contributed by atoms with Crippen LogP contribution in [0.15, 0.2) is 49.6 Å². The minimum absolute atomic E-state index is 0.571. The molecule has 0 fully saturated rings. The normalized spacial score (nSPS) is 10.3. The summed E-state index contributed by atoms with van der Waals surface area (Å²) in [5, 5.41) is 7.34. The Morgan fingerprint density at radius 3 is 2.89 bits per heavy atom. The molecular weight excluding hydrogens is 242 g/mol. The quantitative estimate of drug-likeness (QED) is 0.748. The predicted octanol–water partition coefficient (Wildman–Crippen LogP) is 1.06. The fraction of sp³-hybridized carbons (Fsp3) is 0.0833. The second-order valence-corrected chi connectivity index (χ2v) is 3.76. The van der Waals surface area contributed by atoms with Crippen LogP contribution in [0.4, 0.5) is 5.69 Å². The molecule has 1 N–H and O–H groups in total. The lowest BCUT2D eigenvalue weighted by Crippen LogP contribution is -2.07. The molecule has 3 rings (SSSR count). The Labute approximate surface area is 109 Å². The fourth-order valence-electron chi connectivity index (χ4n) is 1.64. The molecule has 3 aromatic rings. The van der Waals surface area contributed by atoms with Crippen molar-refractivity contribution in [3.05, 3.63) is 55.3 Å². The third-order valence-electron chi connectivity index (χ3n) is 2.50. The Morgan fingerprint density at radius 2 is 2.11 bits per heavy atom. The van der Waals surface area contributed by atoms with Gasteiger partial charge in [0.15, 0.2) is 5.82 Å². The van der Waals surface area contributed by atoms with Crippen molar-refractivity contribution in [2.75, 3.05) is 5.32 Å². The molecule has 3 aromatic heterocycles. The van der Waals surface area contributed by atoms with Gasteiger partial charge in [-0.3, -0.25) is 9.97 Å². The van der Waals surface area contributed by atoms with Crippen LogP contribution in [0.3, 0.4) is 0 Å². The summed E-state index contributed by atoms with van der Waals surface area (Å²) in [4.78, 5) is 16.4. The molecule has 0 aliphatic heterocycles. The van der Waals surface area contributed by atoms with E-state index in [1.165, 1.54) is 6.33 Å². The number of pyridine rings is 1. The van der Waals surface area contributed by atoms with Crippen LogP contribution in [0.2, 0.25) is 0 Å². The molecule has 94 valence electrons. The molecule has 0 saturated heterocycles. The second kappa shape index (κ2) is 5.21. The first-order valence-electron chi connectivity index (χ1n) is 5.72. The van der Waals surface area contributed by atoms with Crippen LogP contribution in [-0.2, 0) is 6.54 Å². The van der Waals surface area contributed by atoms with Crippen LogP contribution in [0.1, 0.15) is 5.69 Å². The Hall–Kier alpha value is -2.83. The molecule has 0 radical (unpaired) electrons. The summed E-state index contributed by atoms with van der Waals surface area (Å²) in [7, 11) is 0. The molecule has 0 bridgehead atoms. The highest BCUT2D eigenvalue weighted by Crippen LogP contribution is 2.16. The lowest BCUT2D eigenvalue weighted by Gasteiger charge is -2.09. The Kier molecular flexibility index (Phi) is 3.09. The van der Waals surface area contributed by atoms with E-state index >= 15 is 0 Å². The number of anilines is 1. The molecule has 19 heavy (non-hydrogen) atoms. The largest absolute Gasteiger partial charge is 0.376 e. The highest BCUT2D eigenvalue weighted by Gasteiger charge is 2.06. The van der Waals surface area contributed by atoms with E-state index in [2.05, 4.69) is 30.4 Å². The van der Waals surface area contributed by atoms with Gasteiger partial charge < -0.3 is 5.32 Å². The van der Waals surface area contributed by atoms with Gasteiger partial charge >= 0.3 is 0 Å². The van der Waals surface area contributed by atoms with Gasteiger partial charge in [-0.05, 0) is 12.1 Å². The number of nitrogens with one attached hydrogen (secondary N) is 1. The van der Waals surface area contributed by atoms with Gasteiger partial charge in [0.2, 0.25) is 0 Å². The standard InChI is InChI=1S/C12H11N7/c1-2-11(17-7-10-6-13-4-5-15-10)12(16-3-1)19-9-14-8-18-19/h1-6,8-9,17H,7H2. The Morgan fingerprint density at radius 1 is 1.11 bits per heavy atom. The van der Waals surface area contributed by atoms with Gasteiger partial charge in [0.05, 0.1) is 24.1 Å². The SMILES string of the molecule is c1cnc(-n2cncn2)c(NCc2cnccn2)c1. The fourth-order valence-corrected chi connectivity index (χ4v) is 1.64. The van der Waals surface area contributed by atoms with Crippen molar-refractivity contribution >= 4 is 5.69 Å². The van der Waals surface area contributed by atoms with Crippen LogP contribution in [0.5, 0.6) is 0 Å². The van der Waals surface area contributed by atoms with Crippen molar-refractivity contribution in [3.63, 3.8) is 0 Å². The number of rotatable bonds is 4. The summed E-state index contributed by atoms with van der Waals surface area (Å²) in [6.07, 6.45) is 9.83. The smallest absolute Gasteiger partial charge is 0.178 e. The van der Waals surface area contributed by atoms with Gasteiger partial charge in [0.25, 0.3) is 0 Å². The van der Waals surface area contributed by atoms with Gasteiger partial charge in [-0.15, -0.1) is 0 Å². The molecule has 0 aliphatic rings. The van der Waals surface area contributed by atoms with E-state index in [4.69, 9.17) is 0 Å². The molecule has 0 amide bonds. The first kappa shape index (κ1) is 11.3. The third-order valence-corrected chi connectivity index (χ3v) is 2.50. The van der Waals surface area contributed by atoms with E-state index in [0.717, 1.165) is 11.4 Å². The van der Waals surface area contributed by atoms with Gasteiger partial charge in [-0.1, -0.05) is 0 Å². The summed E-state index contributed by atoms with van der Waals surface area (Å²) in [5.41, 5.74) is 1.72. The average Bonchev–Trinajstić information content (AvgIpc) is 3.01. The number of aromatic nitrogens is 6. The molecule has 3 heterocycles. The van der Waals surface area contributed by atoms with Crippen molar-refractivity contribution in [1.29, 1.82) is 0 Å². The van der Waals surface area contributed by atoms with Crippen LogP contribution < -0.4 is 5.32 Å². The van der Waals surface area contributed by atoms with Crippen molar-refractivity contribution < 1.29 is 0 Å². The Bertz CT molecular complexity index is 636. The summed E-state index contributed by atoms with van der Waals surface area (Å²) < 4.78 is 1.61. The molecule has 7 nitrogen and oxygen atoms in total. The van der Waals surface area contributed by atoms with Crippen LogP contribution in [0.25, 0.3) is 5.82 Å². The third kappa shape index (κ3) is 2.54. The monoisotopic (exact) mass is 253 g/mol. The topological polar surface area (TPSA) is 81.4 Å². The summed E-state index contributed by atoms with van der Waals surface area (Å²) in [6.45, 7) is 0.571. The lowest BCUT2D eigenvalue weighted by molar-refractivity contribution is 0.843. The summed E-state index contributed by atoms with van der Waals surface area (Å²) >= 11 is 0. The van der Waals surface area contributed by atoms with Gasteiger partial charge in [-0.25, -0.2) is 14.6 Å². The molecule has 0 aromatic carbocycles. The first-order chi connectivity index (χ1) is 9.43.